The largest absolute Gasteiger partial charge is 0.491 e. The van der Waals surface area contributed by atoms with Gasteiger partial charge in [0, 0.05) is 25.4 Å². The summed E-state index contributed by atoms with van der Waals surface area (Å²) >= 11 is 0. The number of nitrogens with one attached hydrogen (secondary N) is 1. The van der Waals surface area contributed by atoms with Gasteiger partial charge in [-0.1, -0.05) is 25.1 Å². The summed E-state index contributed by atoms with van der Waals surface area (Å²) in [7, 11) is 0. The Bertz CT molecular complexity index is 673. The normalized spacial score (nSPS) is 16.3. The first-order chi connectivity index (χ1) is 12.3. The maximum absolute atomic E-state index is 12.0. The van der Waals surface area contributed by atoms with Crippen molar-refractivity contribution in [2.24, 2.45) is 0 Å². The molecule has 7 nitrogen and oxygen atoms in total. The molecule has 1 N–H and O–H groups in total. The molecule has 0 saturated heterocycles. The fourth-order valence-corrected chi connectivity index (χ4v) is 2.93. The van der Waals surface area contributed by atoms with Crippen LogP contribution in [0.4, 0.5) is 0 Å². The number of benzene rings is 1. The standard InChI is InChI=1S/C18H24N4O3/c1-2-16-20-21-17-9-8-14(12-22(16)17)19-18(23)13-24-10-11-25-15-6-4-3-5-7-15/h3-7,14H,2,8-13H2,1H3,(H,19,23). The zero-order valence-corrected chi connectivity index (χ0v) is 14.5. The van der Waals surface area contributed by atoms with E-state index in [-0.39, 0.29) is 18.6 Å². The molecule has 0 radical (unpaired) electrons. The van der Waals surface area contributed by atoms with E-state index < -0.39 is 0 Å². The van der Waals surface area contributed by atoms with E-state index in [0.29, 0.717) is 13.2 Å². The van der Waals surface area contributed by atoms with E-state index in [2.05, 4.69) is 27.0 Å². The predicted octanol–water partition coefficient (Wildman–Crippen LogP) is 1.37. The van der Waals surface area contributed by atoms with E-state index in [9.17, 15) is 4.79 Å². The summed E-state index contributed by atoms with van der Waals surface area (Å²) in [6.45, 7) is 3.64. The molecule has 0 fully saturated rings. The molecule has 0 aliphatic carbocycles. The number of ether oxygens (including phenoxy) is 2. The van der Waals surface area contributed by atoms with Crippen LogP contribution in [0.15, 0.2) is 30.3 Å². The SMILES string of the molecule is CCc1nnc2n1CC(NC(=O)COCCOc1ccccc1)CC2. The first kappa shape index (κ1) is 17.4. The van der Waals surface area contributed by atoms with Crippen LogP contribution in [-0.4, -0.2) is 46.5 Å². The van der Waals surface area contributed by atoms with Gasteiger partial charge in [0.15, 0.2) is 0 Å². The molecule has 25 heavy (non-hydrogen) atoms. The number of hydrogen-bond acceptors (Lipinski definition) is 5. The van der Waals surface area contributed by atoms with E-state index in [1.165, 1.54) is 0 Å². The van der Waals surface area contributed by atoms with Crippen LogP contribution in [0, 0.1) is 0 Å². The smallest absolute Gasteiger partial charge is 0.246 e. The molecule has 1 aliphatic heterocycles. The lowest BCUT2D eigenvalue weighted by atomic mass is 10.1. The van der Waals surface area contributed by atoms with Crippen LogP contribution in [0.5, 0.6) is 5.75 Å². The van der Waals surface area contributed by atoms with Crippen molar-refractivity contribution in [3.63, 3.8) is 0 Å². The Hall–Kier alpha value is -2.41. The van der Waals surface area contributed by atoms with Gasteiger partial charge >= 0.3 is 0 Å². The quantitative estimate of drug-likeness (QED) is 0.732. The second-order valence-corrected chi connectivity index (χ2v) is 6.01. The number of aryl methyl sites for hydroxylation is 2. The lowest BCUT2D eigenvalue weighted by Crippen LogP contribution is -2.43. The van der Waals surface area contributed by atoms with Crippen molar-refractivity contribution >= 4 is 5.91 Å². The number of rotatable bonds is 8. The number of nitrogens with zero attached hydrogens (tertiary/aromatic N) is 3. The zero-order valence-electron chi connectivity index (χ0n) is 14.5. The Morgan fingerprint density at radius 2 is 2.12 bits per heavy atom. The third kappa shape index (κ3) is 4.79. The van der Waals surface area contributed by atoms with Crippen molar-refractivity contribution in [3.05, 3.63) is 42.0 Å². The Morgan fingerprint density at radius 3 is 2.92 bits per heavy atom. The van der Waals surface area contributed by atoms with Crippen molar-refractivity contribution in [1.29, 1.82) is 0 Å². The Balaban J connectivity index is 1.34. The van der Waals surface area contributed by atoms with Crippen LogP contribution in [0.25, 0.3) is 0 Å². The van der Waals surface area contributed by atoms with Gasteiger partial charge in [0.2, 0.25) is 5.91 Å². The maximum Gasteiger partial charge on any atom is 0.246 e. The fraction of sp³-hybridized carbons (Fsp3) is 0.500. The molecule has 1 unspecified atom stereocenters. The minimum Gasteiger partial charge on any atom is -0.491 e. The molecule has 1 atom stereocenters. The topological polar surface area (TPSA) is 78.3 Å². The lowest BCUT2D eigenvalue weighted by molar-refractivity contribution is -0.126. The summed E-state index contributed by atoms with van der Waals surface area (Å²) in [6, 6.07) is 9.65. The molecule has 0 spiro atoms. The molecule has 0 saturated carbocycles. The molecule has 1 aliphatic rings. The summed E-state index contributed by atoms with van der Waals surface area (Å²) < 4.78 is 13.0. The number of aromatic nitrogens is 3. The average Bonchev–Trinajstić information content (AvgIpc) is 3.04. The van der Waals surface area contributed by atoms with Gasteiger partial charge < -0.3 is 19.4 Å². The van der Waals surface area contributed by atoms with Crippen LogP contribution in [-0.2, 0) is 28.9 Å². The Morgan fingerprint density at radius 1 is 1.28 bits per heavy atom. The number of amides is 1. The van der Waals surface area contributed by atoms with Crippen molar-refractivity contribution in [2.45, 2.75) is 38.8 Å². The minimum absolute atomic E-state index is 0.0460. The molecule has 134 valence electrons. The van der Waals surface area contributed by atoms with Crippen molar-refractivity contribution in [1.82, 2.24) is 20.1 Å². The van der Waals surface area contributed by atoms with Gasteiger partial charge in [-0.15, -0.1) is 10.2 Å². The average molecular weight is 344 g/mol. The number of hydrogen-bond donors (Lipinski definition) is 1. The molecule has 0 bridgehead atoms. The summed E-state index contributed by atoms with van der Waals surface area (Å²) in [6.07, 6.45) is 2.56. The number of fused-ring (bicyclic) bond motifs is 1. The van der Waals surface area contributed by atoms with Gasteiger partial charge in [0.05, 0.1) is 6.61 Å². The van der Waals surface area contributed by atoms with Crippen LogP contribution >= 0.6 is 0 Å². The summed E-state index contributed by atoms with van der Waals surface area (Å²) in [4.78, 5) is 12.0. The Kier molecular flexibility index (Phi) is 6.00. The zero-order chi connectivity index (χ0) is 17.5. The van der Waals surface area contributed by atoms with Gasteiger partial charge in [-0.05, 0) is 18.6 Å². The second kappa shape index (κ2) is 8.62. The van der Waals surface area contributed by atoms with Crippen LogP contribution in [0.1, 0.15) is 25.0 Å². The van der Waals surface area contributed by atoms with Crippen molar-refractivity contribution in [3.8, 4) is 5.75 Å². The highest BCUT2D eigenvalue weighted by atomic mass is 16.5. The molecular formula is C18H24N4O3. The molecule has 3 rings (SSSR count). The molecule has 2 heterocycles. The van der Waals surface area contributed by atoms with Crippen molar-refractivity contribution in [2.75, 3.05) is 19.8 Å². The van der Waals surface area contributed by atoms with E-state index in [1.54, 1.807) is 0 Å². The first-order valence-electron chi connectivity index (χ1n) is 8.72. The van der Waals surface area contributed by atoms with Gasteiger partial charge in [-0.25, -0.2) is 0 Å². The number of carbonyl (C=O) groups excluding carboxylic acids is 1. The number of para-hydroxylation sites is 1. The fourth-order valence-electron chi connectivity index (χ4n) is 2.93. The monoisotopic (exact) mass is 344 g/mol. The third-order valence-electron chi connectivity index (χ3n) is 4.18. The third-order valence-corrected chi connectivity index (χ3v) is 4.18. The van der Waals surface area contributed by atoms with E-state index in [4.69, 9.17) is 9.47 Å². The Labute approximate surface area is 147 Å². The summed E-state index contributed by atoms with van der Waals surface area (Å²) in [5, 5.41) is 11.4. The highest BCUT2D eigenvalue weighted by Crippen LogP contribution is 2.15. The predicted molar refractivity (Wildman–Crippen MR) is 92.4 cm³/mol. The molecule has 1 amide bonds. The maximum atomic E-state index is 12.0. The van der Waals surface area contributed by atoms with Crippen molar-refractivity contribution < 1.29 is 14.3 Å². The van der Waals surface area contributed by atoms with Gasteiger partial charge in [-0.3, -0.25) is 4.79 Å². The highest BCUT2D eigenvalue weighted by molar-refractivity contribution is 5.77. The second-order valence-electron chi connectivity index (χ2n) is 6.01. The van der Waals surface area contributed by atoms with Gasteiger partial charge in [0.1, 0.15) is 30.6 Å². The molecule has 7 heteroatoms. The number of carbonyl (C=O) groups is 1. The molecular weight excluding hydrogens is 320 g/mol. The van der Waals surface area contributed by atoms with Gasteiger partial charge in [0.25, 0.3) is 0 Å². The van der Waals surface area contributed by atoms with Gasteiger partial charge in [-0.2, -0.15) is 0 Å². The van der Waals surface area contributed by atoms with E-state index >= 15 is 0 Å². The van der Waals surface area contributed by atoms with Crippen LogP contribution in [0.2, 0.25) is 0 Å². The summed E-state index contributed by atoms with van der Waals surface area (Å²) in [5.74, 6) is 2.69. The molecule has 2 aromatic rings. The van der Waals surface area contributed by atoms with Crippen LogP contribution in [0.3, 0.4) is 0 Å². The minimum atomic E-state index is -0.0979. The lowest BCUT2D eigenvalue weighted by Gasteiger charge is -2.25. The van der Waals surface area contributed by atoms with E-state index in [1.807, 2.05) is 30.3 Å². The summed E-state index contributed by atoms with van der Waals surface area (Å²) in [5.41, 5.74) is 0. The highest BCUT2D eigenvalue weighted by Gasteiger charge is 2.23. The van der Waals surface area contributed by atoms with E-state index in [0.717, 1.165) is 43.2 Å². The first-order valence-corrected chi connectivity index (χ1v) is 8.72. The molecule has 1 aromatic carbocycles. The molecule has 1 aromatic heterocycles. The van der Waals surface area contributed by atoms with Crippen LogP contribution < -0.4 is 10.1 Å².